The third-order valence-corrected chi connectivity index (χ3v) is 5.60. The van der Waals surface area contributed by atoms with Crippen molar-refractivity contribution >= 4 is 11.8 Å². The van der Waals surface area contributed by atoms with Crippen LogP contribution in [0.5, 0.6) is 0 Å². The molecule has 0 spiro atoms. The van der Waals surface area contributed by atoms with Crippen LogP contribution in [0.4, 0.5) is 0 Å². The molecule has 0 heterocycles. The molecule has 154 valence electrons. The highest BCUT2D eigenvalue weighted by Gasteiger charge is 2.54. The summed E-state index contributed by atoms with van der Waals surface area (Å²) in [4.78, 5) is 23.5. The fraction of sp³-hybridized carbons (Fsp3) is 0.739. The Balaban J connectivity index is 2.30. The van der Waals surface area contributed by atoms with Crippen molar-refractivity contribution in [2.45, 2.75) is 90.9 Å². The van der Waals surface area contributed by atoms with Crippen molar-refractivity contribution in [1.82, 2.24) is 0 Å². The van der Waals surface area contributed by atoms with E-state index in [1.165, 1.54) is 57.8 Å². The monoisotopic (exact) mass is 377 g/mol. The molecule has 1 aliphatic carbocycles. The lowest BCUT2D eigenvalue weighted by atomic mass is 9.91. The number of unbranched alkanes of at least 4 members (excludes halogenated alkanes) is 7. The van der Waals surface area contributed by atoms with Gasteiger partial charge in [-0.05, 0) is 31.6 Å². The standard InChI is InChI=1S/C23H39NO3/c1-3-4-5-6-7-8-9-10-13-19(2)14-11-12-15-20(21(25)18-24)23(16-17-23)22(26)27/h11,14-15,19H,3-10,12-13,16-18,24H2,1-2H3,(H,26,27). The van der Waals surface area contributed by atoms with Gasteiger partial charge in [0.25, 0.3) is 0 Å². The molecule has 1 saturated carbocycles. The van der Waals surface area contributed by atoms with Crippen molar-refractivity contribution in [2.75, 3.05) is 6.54 Å². The second-order valence-electron chi connectivity index (χ2n) is 8.04. The van der Waals surface area contributed by atoms with E-state index in [0.29, 0.717) is 30.8 Å². The lowest BCUT2D eigenvalue weighted by Gasteiger charge is -2.13. The van der Waals surface area contributed by atoms with E-state index in [2.05, 4.69) is 26.0 Å². The third-order valence-electron chi connectivity index (χ3n) is 5.60. The van der Waals surface area contributed by atoms with Crippen molar-refractivity contribution < 1.29 is 14.7 Å². The van der Waals surface area contributed by atoms with Gasteiger partial charge in [0.2, 0.25) is 0 Å². The summed E-state index contributed by atoms with van der Waals surface area (Å²) in [6.45, 7) is 4.34. The minimum atomic E-state index is -0.965. The minimum absolute atomic E-state index is 0.126. The molecule has 0 radical (unpaired) electrons. The number of nitrogens with two attached hydrogens (primary N) is 1. The Morgan fingerprint density at radius 3 is 2.19 bits per heavy atom. The van der Waals surface area contributed by atoms with Gasteiger partial charge in [-0.3, -0.25) is 9.59 Å². The van der Waals surface area contributed by atoms with Gasteiger partial charge in [0.05, 0.1) is 12.0 Å². The maximum atomic E-state index is 12.0. The van der Waals surface area contributed by atoms with Gasteiger partial charge in [-0.15, -0.1) is 0 Å². The molecule has 4 nitrogen and oxygen atoms in total. The van der Waals surface area contributed by atoms with Crippen LogP contribution in [0.25, 0.3) is 0 Å². The minimum Gasteiger partial charge on any atom is -0.481 e. The number of aliphatic carboxylic acids is 1. The molecule has 0 saturated heterocycles. The van der Waals surface area contributed by atoms with Gasteiger partial charge in [-0.25, -0.2) is 0 Å². The molecule has 0 aliphatic heterocycles. The van der Waals surface area contributed by atoms with Crippen LogP contribution in [-0.2, 0) is 9.59 Å². The fourth-order valence-corrected chi connectivity index (χ4v) is 3.60. The summed E-state index contributed by atoms with van der Waals surface area (Å²) in [5.41, 5.74) is 4.90. The molecule has 0 amide bonds. The zero-order chi connectivity index (χ0) is 20.1. The number of rotatable bonds is 16. The van der Waals surface area contributed by atoms with E-state index in [9.17, 15) is 14.7 Å². The molecule has 4 heteroatoms. The molecule has 27 heavy (non-hydrogen) atoms. The summed E-state index contributed by atoms with van der Waals surface area (Å²) >= 11 is 0. The summed E-state index contributed by atoms with van der Waals surface area (Å²) in [5.74, 6) is -0.626. The molecule has 0 aromatic heterocycles. The number of ketones is 1. The van der Waals surface area contributed by atoms with Crippen molar-refractivity contribution in [3.05, 3.63) is 23.8 Å². The van der Waals surface area contributed by atoms with E-state index in [1.807, 2.05) is 0 Å². The van der Waals surface area contributed by atoms with Crippen LogP contribution in [0.15, 0.2) is 23.8 Å². The first kappa shape index (κ1) is 23.6. The van der Waals surface area contributed by atoms with Crippen LogP contribution in [0, 0.1) is 11.3 Å². The van der Waals surface area contributed by atoms with Crippen LogP contribution in [-0.4, -0.2) is 23.4 Å². The van der Waals surface area contributed by atoms with Crippen LogP contribution < -0.4 is 5.73 Å². The van der Waals surface area contributed by atoms with E-state index in [4.69, 9.17) is 5.73 Å². The average molecular weight is 378 g/mol. The number of allylic oxidation sites excluding steroid dienone is 3. The molecule has 1 unspecified atom stereocenters. The highest BCUT2D eigenvalue weighted by Crippen LogP contribution is 2.52. The van der Waals surface area contributed by atoms with Gasteiger partial charge in [0, 0.05) is 5.57 Å². The number of carboxylic acid groups (broad SMARTS) is 1. The van der Waals surface area contributed by atoms with Crippen LogP contribution in [0.3, 0.4) is 0 Å². The molecule has 0 aromatic carbocycles. The Morgan fingerprint density at radius 2 is 1.67 bits per heavy atom. The fourth-order valence-electron chi connectivity index (χ4n) is 3.60. The predicted molar refractivity (Wildman–Crippen MR) is 112 cm³/mol. The zero-order valence-electron chi connectivity index (χ0n) is 17.3. The summed E-state index contributed by atoms with van der Waals surface area (Å²) in [6, 6.07) is 0. The molecule has 0 bridgehead atoms. The first-order chi connectivity index (χ1) is 13.0. The Labute approximate surface area is 165 Å². The zero-order valence-corrected chi connectivity index (χ0v) is 17.3. The summed E-state index contributed by atoms with van der Waals surface area (Å²) in [7, 11) is 0. The van der Waals surface area contributed by atoms with Crippen molar-refractivity contribution in [3.63, 3.8) is 0 Å². The SMILES string of the molecule is CCCCCCCCCCC(C)C=CCC=C(C(=O)CN)C1(C(=O)O)CC1. The van der Waals surface area contributed by atoms with E-state index < -0.39 is 11.4 Å². The molecular weight excluding hydrogens is 338 g/mol. The Bertz CT molecular complexity index is 518. The van der Waals surface area contributed by atoms with E-state index in [0.717, 1.165) is 0 Å². The van der Waals surface area contributed by atoms with Gasteiger partial charge in [0.1, 0.15) is 0 Å². The lowest BCUT2D eigenvalue weighted by Crippen LogP contribution is -2.27. The van der Waals surface area contributed by atoms with Gasteiger partial charge in [-0.2, -0.15) is 0 Å². The highest BCUT2D eigenvalue weighted by molar-refractivity contribution is 6.04. The second-order valence-corrected chi connectivity index (χ2v) is 8.04. The van der Waals surface area contributed by atoms with Gasteiger partial charge >= 0.3 is 5.97 Å². The van der Waals surface area contributed by atoms with Crippen LogP contribution in [0.1, 0.15) is 90.9 Å². The number of hydrogen-bond donors (Lipinski definition) is 2. The summed E-state index contributed by atoms with van der Waals surface area (Å²) in [5, 5.41) is 9.41. The van der Waals surface area contributed by atoms with Crippen LogP contribution in [0.2, 0.25) is 0 Å². The Kier molecular flexibility index (Phi) is 11.3. The van der Waals surface area contributed by atoms with Crippen molar-refractivity contribution in [2.24, 2.45) is 17.1 Å². The molecule has 1 atom stereocenters. The predicted octanol–water partition coefficient (Wildman–Crippen LogP) is 5.42. The molecule has 3 N–H and O–H groups in total. The smallest absolute Gasteiger partial charge is 0.314 e. The number of hydrogen-bond acceptors (Lipinski definition) is 3. The largest absolute Gasteiger partial charge is 0.481 e. The topological polar surface area (TPSA) is 80.4 Å². The summed E-state index contributed by atoms with van der Waals surface area (Å²) < 4.78 is 0. The third kappa shape index (κ3) is 8.42. The Hall–Kier alpha value is -1.42. The lowest BCUT2D eigenvalue weighted by molar-refractivity contribution is -0.142. The summed E-state index contributed by atoms with van der Waals surface area (Å²) in [6.07, 6.45) is 19.5. The number of carbonyl (C=O) groups excluding carboxylic acids is 1. The van der Waals surface area contributed by atoms with E-state index >= 15 is 0 Å². The van der Waals surface area contributed by atoms with Crippen molar-refractivity contribution in [1.29, 1.82) is 0 Å². The molecule has 1 rings (SSSR count). The van der Waals surface area contributed by atoms with Crippen molar-refractivity contribution in [3.8, 4) is 0 Å². The molecule has 0 aromatic rings. The maximum Gasteiger partial charge on any atom is 0.314 e. The average Bonchev–Trinajstić information content (AvgIpc) is 3.45. The first-order valence-corrected chi connectivity index (χ1v) is 10.8. The van der Waals surface area contributed by atoms with E-state index in [-0.39, 0.29) is 12.3 Å². The molecule has 1 fully saturated rings. The normalized spacial score (nSPS) is 17.2. The number of carbonyl (C=O) groups is 2. The number of carboxylic acids is 1. The van der Waals surface area contributed by atoms with Gasteiger partial charge in [0.15, 0.2) is 5.78 Å². The number of Topliss-reactive ketones (excluding diaryl/α,β-unsaturated/α-hetero) is 1. The Morgan fingerprint density at radius 1 is 1.07 bits per heavy atom. The van der Waals surface area contributed by atoms with Gasteiger partial charge in [-0.1, -0.05) is 83.4 Å². The quantitative estimate of drug-likeness (QED) is 0.214. The van der Waals surface area contributed by atoms with Gasteiger partial charge < -0.3 is 10.8 Å². The van der Waals surface area contributed by atoms with E-state index in [1.54, 1.807) is 6.08 Å². The van der Waals surface area contributed by atoms with Crippen LogP contribution >= 0.6 is 0 Å². The second kappa shape index (κ2) is 12.9. The molecular formula is C23H39NO3. The maximum absolute atomic E-state index is 12.0. The highest BCUT2D eigenvalue weighted by atomic mass is 16.4. The molecule has 1 aliphatic rings. The first-order valence-electron chi connectivity index (χ1n) is 10.8.